The lowest BCUT2D eigenvalue weighted by molar-refractivity contribution is -0.142. The normalized spacial score (nSPS) is 17.0. The zero-order valence-corrected chi connectivity index (χ0v) is 14.4. The summed E-state index contributed by atoms with van der Waals surface area (Å²) in [6.07, 6.45) is 1.74. The summed E-state index contributed by atoms with van der Waals surface area (Å²) >= 11 is 0. The molecule has 2 aromatic carbocycles. The molecular weight excluding hydrogens is 332 g/mol. The Morgan fingerprint density at radius 2 is 1.85 bits per heavy atom. The molecular formula is C20H22N2O4. The zero-order chi connectivity index (χ0) is 18.4. The lowest BCUT2D eigenvalue weighted by atomic mass is 10.2. The number of nitrogens with one attached hydrogen (secondary N) is 1. The van der Waals surface area contributed by atoms with E-state index in [4.69, 9.17) is 4.74 Å². The lowest BCUT2D eigenvalue weighted by Gasteiger charge is -2.20. The van der Waals surface area contributed by atoms with E-state index in [9.17, 15) is 14.7 Å². The Labute approximate surface area is 152 Å². The Balaban J connectivity index is 1.58. The van der Waals surface area contributed by atoms with Gasteiger partial charge in [-0.05, 0) is 43.7 Å². The summed E-state index contributed by atoms with van der Waals surface area (Å²) in [6, 6.07) is 16.1. The fourth-order valence-electron chi connectivity index (χ4n) is 3.11. The van der Waals surface area contributed by atoms with Gasteiger partial charge >= 0.3 is 5.97 Å². The number of likely N-dealkylation sites (tertiary alicyclic amines) is 1. The van der Waals surface area contributed by atoms with Gasteiger partial charge < -0.3 is 15.2 Å². The molecule has 0 radical (unpaired) electrons. The van der Waals surface area contributed by atoms with Crippen LogP contribution in [0.15, 0.2) is 54.6 Å². The van der Waals surface area contributed by atoms with E-state index in [1.807, 2.05) is 47.4 Å². The molecule has 0 bridgehead atoms. The SMILES string of the molecule is O=C(CCN1CCCC1C(=O)O)Nc1ccccc1Oc1ccccc1. The molecule has 2 N–H and O–H groups in total. The molecule has 1 heterocycles. The first kappa shape index (κ1) is 17.9. The number of carbonyl (C=O) groups excluding carboxylic acids is 1. The summed E-state index contributed by atoms with van der Waals surface area (Å²) in [5, 5.41) is 12.1. The first-order chi connectivity index (χ1) is 12.6. The highest BCUT2D eigenvalue weighted by Crippen LogP contribution is 2.29. The maximum Gasteiger partial charge on any atom is 0.320 e. The molecule has 3 rings (SSSR count). The molecule has 6 nitrogen and oxygen atoms in total. The van der Waals surface area contributed by atoms with Gasteiger partial charge in [0.1, 0.15) is 11.8 Å². The van der Waals surface area contributed by atoms with Crippen LogP contribution < -0.4 is 10.1 Å². The minimum Gasteiger partial charge on any atom is -0.480 e. The topological polar surface area (TPSA) is 78.9 Å². The van der Waals surface area contributed by atoms with Crippen LogP contribution in [0.3, 0.4) is 0 Å². The number of hydrogen-bond acceptors (Lipinski definition) is 4. The minimum atomic E-state index is -0.815. The van der Waals surface area contributed by atoms with E-state index in [0.717, 1.165) is 13.0 Å². The predicted molar refractivity (Wildman–Crippen MR) is 98.4 cm³/mol. The molecule has 0 spiro atoms. The molecule has 0 saturated carbocycles. The van der Waals surface area contributed by atoms with Gasteiger partial charge in [0.05, 0.1) is 5.69 Å². The molecule has 1 saturated heterocycles. The summed E-state index contributed by atoms with van der Waals surface area (Å²) in [6.45, 7) is 1.16. The molecule has 1 unspecified atom stereocenters. The number of amides is 1. The van der Waals surface area contributed by atoms with Gasteiger partial charge in [-0.1, -0.05) is 30.3 Å². The van der Waals surface area contributed by atoms with Gasteiger partial charge in [0.2, 0.25) is 5.91 Å². The number of para-hydroxylation sites is 3. The summed E-state index contributed by atoms with van der Waals surface area (Å²) in [5.41, 5.74) is 0.595. The van der Waals surface area contributed by atoms with E-state index in [1.54, 1.807) is 12.1 Å². The number of nitrogens with zero attached hydrogens (tertiary/aromatic N) is 1. The number of anilines is 1. The molecule has 1 amide bonds. The average molecular weight is 354 g/mol. The average Bonchev–Trinajstić information content (AvgIpc) is 3.11. The highest BCUT2D eigenvalue weighted by atomic mass is 16.5. The third-order valence-electron chi connectivity index (χ3n) is 4.41. The molecule has 1 fully saturated rings. The Bertz CT molecular complexity index is 763. The fourth-order valence-corrected chi connectivity index (χ4v) is 3.11. The molecule has 1 aliphatic heterocycles. The highest BCUT2D eigenvalue weighted by molar-refractivity contribution is 5.92. The highest BCUT2D eigenvalue weighted by Gasteiger charge is 2.30. The maximum atomic E-state index is 12.3. The van der Waals surface area contributed by atoms with Crippen LogP contribution in [0.2, 0.25) is 0 Å². The fraction of sp³-hybridized carbons (Fsp3) is 0.300. The quantitative estimate of drug-likeness (QED) is 0.797. The molecule has 0 aromatic heterocycles. The van der Waals surface area contributed by atoms with Crippen LogP contribution in [-0.2, 0) is 9.59 Å². The lowest BCUT2D eigenvalue weighted by Crippen LogP contribution is -2.37. The van der Waals surface area contributed by atoms with Crippen LogP contribution in [0.5, 0.6) is 11.5 Å². The van der Waals surface area contributed by atoms with Crippen molar-refractivity contribution in [2.45, 2.75) is 25.3 Å². The molecule has 1 atom stereocenters. The number of aliphatic carboxylic acids is 1. The van der Waals surface area contributed by atoms with Gasteiger partial charge in [-0.15, -0.1) is 0 Å². The number of carboxylic acids is 1. The Morgan fingerprint density at radius 1 is 1.12 bits per heavy atom. The Hall–Kier alpha value is -2.86. The van der Waals surface area contributed by atoms with Crippen LogP contribution in [0, 0.1) is 0 Å². The van der Waals surface area contributed by atoms with Crippen molar-refractivity contribution in [1.29, 1.82) is 0 Å². The third-order valence-corrected chi connectivity index (χ3v) is 4.41. The van der Waals surface area contributed by atoms with Crippen molar-refractivity contribution in [1.82, 2.24) is 4.90 Å². The third kappa shape index (κ3) is 4.61. The Morgan fingerprint density at radius 3 is 2.62 bits per heavy atom. The van der Waals surface area contributed by atoms with Crippen LogP contribution in [-0.4, -0.2) is 41.0 Å². The summed E-state index contributed by atoms with van der Waals surface area (Å²) < 4.78 is 5.83. The van der Waals surface area contributed by atoms with E-state index >= 15 is 0 Å². The summed E-state index contributed by atoms with van der Waals surface area (Å²) in [4.78, 5) is 25.4. The van der Waals surface area contributed by atoms with E-state index in [0.29, 0.717) is 30.2 Å². The molecule has 2 aromatic rings. The summed E-state index contributed by atoms with van der Waals surface area (Å²) in [7, 11) is 0. The smallest absolute Gasteiger partial charge is 0.320 e. The number of benzene rings is 2. The van der Waals surface area contributed by atoms with Gasteiger partial charge in [-0.25, -0.2) is 0 Å². The Kier molecular flexibility index (Phi) is 5.86. The van der Waals surface area contributed by atoms with Crippen LogP contribution >= 0.6 is 0 Å². The van der Waals surface area contributed by atoms with E-state index < -0.39 is 12.0 Å². The zero-order valence-electron chi connectivity index (χ0n) is 14.4. The van der Waals surface area contributed by atoms with E-state index in [2.05, 4.69) is 5.32 Å². The van der Waals surface area contributed by atoms with Crippen molar-refractivity contribution < 1.29 is 19.4 Å². The molecule has 1 aliphatic rings. The van der Waals surface area contributed by atoms with Crippen LogP contribution in [0.25, 0.3) is 0 Å². The van der Waals surface area contributed by atoms with Crippen molar-refractivity contribution in [3.05, 3.63) is 54.6 Å². The molecule has 136 valence electrons. The number of carbonyl (C=O) groups is 2. The number of rotatable bonds is 7. The van der Waals surface area contributed by atoms with Gasteiger partial charge in [-0.2, -0.15) is 0 Å². The first-order valence-corrected chi connectivity index (χ1v) is 8.72. The predicted octanol–water partition coefficient (Wildman–Crippen LogP) is 3.36. The maximum absolute atomic E-state index is 12.3. The first-order valence-electron chi connectivity index (χ1n) is 8.72. The van der Waals surface area contributed by atoms with Crippen molar-refractivity contribution in [2.24, 2.45) is 0 Å². The molecule has 0 aliphatic carbocycles. The second-order valence-electron chi connectivity index (χ2n) is 6.24. The van der Waals surface area contributed by atoms with Crippen LogP contribution in [0.1, 0.15) is 19.3 Å². The van der Waals surface area contributed by atoms with Crippen molar-refractivity contribution >= 4 is 17.6 Å². The van der Waals surface area contributed by atoms with E-state index in [-0.39, 0.29) is 12.3 Å². The largest absolute Gasteiger partial charge is 0.480 e. The van der Waals surface area contributed by atoms with E-state index in [1.165, 1.54) is 0 Å². The summed E-state index contributed by atoms with van der Waals surface area (Å²) in [5.74, 6) is 0.280. The van der Waals surface area contributed by atoms with Crippen molar-refractivity contribution in [2.75, 3.05) is 18.4 Å². The van der Waals surface area contributed by atoms with Crippen molar-refractivity contribution in [3.63, 3.8) is 0 Å². The second-order valence-corrected chi connectivity index (χ2v) is 6.24. The van der Waals surface area contributed by atoms with Gasteiger partial charge in [-0.3, -0.25) is 14.5 Å². The number of hydrogen-bond donors (Lipinski definition) is 2. The van der Waals surface area contributed by atoms with Gasteiger partial charge in [0.25, 0.3) is 0 Å². The number of carboxylic acid groups (broad SMARTS) is 1. The van der Waals surface area contributed by atoms with Crippen LogP contribution in [0.4, 0.5) is 5.69 Å². The minimum absolute atomic E-state index is 0.162. The standard InChI is InChI=1S/C20H22N2O4/c23-19(12-14-22-13-6-10-17(22)20(24)25)21-16-9-4-5-11-18(16)26-15-7-2-1-3-8-15/h1-5,7-9,11,17H,6,10,12-14H2,(H,21,23)(H,24,25). The molecule has 26 heavy (non-hydrogen) atoms. The van der Waals surface area contributed by atoms with Gasteiger partial charge in [0, 0.05) is 13.0 Å². The second kappa shape index (κ2) is 8.49. The number of ether oxygens (including phenoxy) is 1. The van der Waals surface area contributed by atoms with Crippen molar-refractivity contribution in [3.8, 4) is 11.5 Å². The molecule has 6 heteroatoms. The monoisotopic (exact) mass is 354 g/mol. The van der Waals surface area contributed by atoms with Gasteiger partial charge in [0.15, 0.2) is 5.75 Å².